The summed E-state index contributed by atoms with van der Waals surface area (Å²) in [6.07, 6.45) is -0.229. The monoisotopic (exact) mass is 465 g/mol. The molecule has 0 aromatic heterocycles. The number of aliphatic hydroxyl groups excluding tert-OH is 1. The van der Waals surface area contributed by atoms with Crippen molar-refractivity contribution in [2.24, 2.45) is 11.8 Å². The number of nitrogens with zero attached hydrogens (tertiary/aromatic N) is 3. The lowest BCUT2D eigenvalue weighted by Crippen LogP contribution is -2.63. The van der Waals surface area contributed by atoms with Crippen LogP contribution in [0.25, 0.3) is 0 Å². The zero-order chi connectivity index (χ0) is 23.3. The van der Waals surface area contributed by atoms with E-state index in [1.165, 1.54) is 16.7 Å². The molecule has 3 saturated heterocycles. The van der Waals surface area contributed by atoms with Crippen LogP contribution in [0.1, 0.15) is 27.2 Å². The molecular weight excluding hydrogens is 434 g/mol. The molecule has 3 fully saturated rings. The minimum Gasteiger partial charge on any atom is -0.477 e. The Hall–Kier alpha value is -2.11. The fourth-order valence-corrected chi connectivity index (χ4v) is 6.80. The third kappa shape index (κ3) is 3.80. The average Bonchev–Trinajstić information content (AvgIpc) is 3.29. The second-order valence-corrected chi connectivity index (χ2v) is 10.4. The van der Waals surface area contributed by atoms with E-state index in [0.29, 0.717) is 49.9 Å². The third-order valence-corrected chi connectivity index (χ3v) is 8.57. The topological polar surface area (TPSA) is 137 Å². The molecule has 0 radical (unpaired) electrons. The van der Waals surface area contributed by atoms with Crippen molar-refractivity contribution in [3.05, 3.63) is 10.6 Å². The highest BCUT2D eigenvalue weighted by Crippen LogP contribution is 2.51. The fourth-order valence-electron chi connectivity index (χ4n) is 5.32. The van der Waals surface area contributed by atoms with Crippen LogP contribution < -0.4 is 5.32 Å². The number of aliphatic hydroxyl groups is 1. The Labute approximate surface area is 191 Å². The maximum atomic E-state index is 13.0. The Morgan fingerprint density at radius 2 is 1.84 bits per heavy atom. The van der Waals surface area contributed by atoms with Crippen molar-refractivity contribution in [3.63, 3.8) is 0 Å². The van der Waals surface area contributed by atoms with E-state index in [0.717, 1.165) is 0 Å². The van der Waals surface area contributed by atoms with Gasteiger partial charge >= 0.3 is 5.97 Å². The van der Waals surface area contributed by atoms with Gasteiger partial charge in [0.25, 0.3) is 0 Å². The van der Waals surface area contributed by atoms with Crippen molar-refractivity contribution < 1.29 is 24.6 Å². The number of carboxylic acids is 1. The number of thioether (sulfide) groups is 1. The standard InChI is InChI=1S/C21H31N5O5S/c1-10-16-15(11(2)27)20(29)26(16)17(21(30)31)18(10)32-13-8-14(23-9-13)19(28)25-6-4-24(5-7-25)12(3)22/h10-11,13-16,22-23,27H,4-9H2,1-3H3,(H,30,31)/t10-,11-,13+,14+,15-,16-/m1/s1. The molecule has 2 amide bonds. The molecule has 0 bridgehead atoms. The molecule has 10 nitrogen and oxygen atoms in total. The van der Waals surface area contributed by atoms with Gasteiger partial charge in [-0.2, -0.15) is 0 Å². The van der Waals surface area contributed by atoms with Crippen molar-refractivity contribution >= 4 is 35.4 Å². The van der Waals surface area contributed by atoms with Crippen LogP contribution in [0.2, 0.25) is 0 Å². The van der Waals surface area contributed by atoms with Gasteiger partial charge in [0.1, 0.15) is 5.70 Å². The summed E-state index contributed by atoms with van der Waals surface area (Å²) in [7, 11) is 0. The summed E-state index contributed by atoms with van der Waals surface area (Å²) in [5.74, 6) is -1.64. The first-order chi connectivity index (χ1) is 15.1. The first kappa shape index (κ1) is 23.1. The van der Waals surface area contributed by atoms with Crippen LogP contribution in [-0.2, 0) is 14.4 Å². The zero-order valence-corrected chi connectivity index (χ0v) is 19.4. The van der Waals surface area contributed by atoms with E-state index in [-0.39, 0.29) is 40.8 Å². The molecular formula is C21H31N5O5S. The summed E-state index contributed by atoms with van der Waals surface area (Å²) in [5, 5.41) is 30.8. The van der Waals surface area contributed by atoms with Gasteiger partial charge in [-0.1, -0.05) is 6.92 Å². The lowest BCUT2D eigenvalue weighted by atomic mass is 9.79. The van der Waals surface area contributed by atoms with Crippen LogP contribution in [0.4, 0.5) is 0 Å². The first-order valence-electron chi connectivity index (χ1n) is 11.1. The Balaban J connectivity index is 1.40. The Kier molecular flexibility index (Phi) is 6.25. The smallest absolute Gasteiger partial charge is 0.353 e. The third-order valence-electron chi connectivity index (χ3n) is 7.06. The number of β-lactam (4-membered cyclic amide) rings is 1. The number of hydrogen-bond donors (Lipinski definition) is 4. The van der Waals surface area contributed by atoms with Gasteiger partial charge < -0.3 is 30.2 Å². The summed E-state index contributed by atoms with van der Waals surface area (Å²) in [6, 6.07) is -0.633. The molecule has 4 heterocycles. The van der Waals surface area contributed by atoms with E-state index in [9.17, 15) is 24.6 Å². The summed E-state index contributed by atoms with van der Waals surface area (Å²) in [6.45, 7) is 8.32. The fraction of sp³-hybridized carbons (Fsp3) is 0.714. The zero-order valence-electron chi connectivity index (χ0n) is 18.6. The van der Waals surface area contributed by atoms with E-state index >= 15 is 0 Å². The molecule has 0 spiro atoms. The van der Waals surface area contributed by atoms with Gasteiger partial charge in [0.05, 0.1) is 29.9 Å². The maximum absolute atomic E-state index is 13.0. The highest BCUT2D eigenvalue weighted by atomic mass is 32.2. The molecule has 0 aliphatic carbocycles. The van der Waals surface area contributed by atoms with Crippen LogP contribution in [-0.4, -0.2) is 105 Å². The number of amidine groups is 1. The van der Waals surface area contributed by atoms with Crippen molar-refractivity contribution in [1.29, 1.82) is 5.41 Å². The molecule has 4 aliphatic heterocycles. The average molecular weight is 466 g/mol. The van der Waals surface area contributed by atoms with Gasteiger partial charge in [0.2, 0.25) is 11.8 Å². The number of nitrogens with one attached hydrogen (secondary N) is 2. The maximum Gasteiger partial charge on any atom is 0.353 e. The summed E-state index contributed by atoms with van der Waals surface area (Å²) < 4.78 is 0. The Morgan fingerprint density at radius 1 is 1.22 bits per heavy atom. The number of rotatable bonds is 5. The largest absolute Gasteiger partial charge is 0.477 e. The normalized spacial score (nSPS) is 33.3. The van der Waals surface area contributed by atoms with E-state index in [1.54, 1.807) is 13.8 Å². The minimum atomic E-state index is -1.13. The van der Waals surface area contributed by atoms with Crippen LogP contribution in [0.5, 0.6) is 0 Å². The van der Waals surface area contributed by atoms with Crippen LogP contribution in [0.15, 0.2) is 10.6 Å². The molecule has 0 aromatic rings. The van der Waals surface area contributed by atoms with Gasteiger partial charge in [0, 0.05) is 48.8 Å². The van der Waals surface area contributed by atoms with Crippen molar-refractivity contribution in [2.45, 2.75) is 50.6 Å². The Bertz CT molecular complexity index is 869. The molecule has 176 valence electrons. The van der Waals surface area contributed by atoms with Crippen LogP contribution in [0.3, 0.4) is 0 Å². The molecule has 6 atom stereocenters. The molecule has 32 heavy (non-hydrogen) atoms. The number of carbonyl (C=O) groups excluding carboxylic acids is 2. The molecule has 0 aromatic carbocycles. The number of piperazine rings is 1. The number of carbonyl (C=O) groups is 3. The summed E-state index contributed by atoms with van der Waals surface area (Å²) in [5.41, 5.74) is 0.0299. The van der Waals surface area contributed by atoms with E-state index < -0.39 is 18.0 Å². The van der Waals surface area contributed by atoms with E-state index in [4.69, 9.17) is 5.41 Å². The number of carboxylic acid groups (broad SMARTS) is 1. The number of fused-ring (bicyclic) bond motifs is 1. The predicted molar refractivity (Wildman–Crippen MR) is 119 cm³/mol. The Morgan fingerprint density at radius 3 is 2.41 bits per heavy atom. The minimum absolute atomic E-state index is 0.0275. The lowest BCUT2D eigenvalue weighted by molar-refractivity contribution is -0.163. The number of hydrogen-bond acceptors (Lipinski definition) is 7. The van der Waals surface area contributed by atoms with Crippen molar-refractivity contribution in [2.75, 3.05) is 32.7 Å². The highest BCUT2D eigenvalue weighted by Gasteiger charge is 2.60. The van der Waals surface area contributed by atoms with Crippen molar-refractivity contribution in [3.8, 4) is 0 Å². The summed E-state index contributed by atoms with van der Waals surface area (Å²) in [4.78, 5) is 43.2. The van der Waals surface area contributed by atoms with Gasteiger partial charge in [-0.3, -0.25) is 15.0 Å². The number of aliphatic carboxylic acids is 1. The second kappa shape index (κ2) is 8.68. The van der Waals surface area contributed by atoms with Gasteiger partial charge in [0.15, 0.2) is 0 Å². The highest BCUT2D eigenvalue weighted by molar-refractivity contribution is 8.03. The molecule has 11 heteroatoms. The van der Waals surface area contributed by atoms with Crippen LogP contribution in [0, 0.1) is 17.2 Å². The van der Waals surface area contributed by atoms with Gasteiger partial charge in [-0.15, -0.1) is 11.8 Å². The molecule has 0 unspecified atom stereocenters. The van der Waals surface area contributed by atoms with E-state index in [1.807, 2.05) is 16.7 Å². The number of amides is 2. The van der Waals surface area contributed by atoms with Crippen LogP contribution >= 0.6 is 11.8 Å². The van der Waals surface area contributed by atoms with Gasteiger partial charge in [-0.25, -0.2) is 4.79 Å². The molecule has 0 saturated carbocycles. The first-order valence-corrected chi connectivity index (χ1v) is 12.0. The molecule has 4 rings (SSSR count). The van der Waals surface area contributed by atoms with E-state index in [2.05, 4.69) is 5.32 Å². The van der Waals surface area contributed by atoms with Crippen molar-refractivity contribution in [1.82, 2.24) is 20.0 Å². The predicted octanol–water partition coefficient (Wildman–Crippen LogP) is -0.255. The summed E-state index contributed by atoms with van der Waals surface area (Å²) >= 11 is 1.45. The SMILES string of the molecule is CC(=N)N1CCN(C(=O)[C@@H]2C[C@H](SC3=C(C(=O)O)N4C(=O)[C@H]([C@@H](C)O)[C@H]4[C@H]3C)CN2)CC1. The second-order valence-electron chi connectivity index (χ2n) is 9.11. The quantitative estimate of drug-likeness (QED) is 0.248. The molecule has 4 aliphatic rings. The van der Waals surface area contributed by atoms with Gasteiger partial charge in [-0.05, 0) is 20.3 Å². The molecule has 4 N–H and O–H groups in total. The lowest BCUT2D eigenvalue weighted by Gasteiger charge is -2.46.